The number of hydrogen-bond donors (Lipinski definition) is 2. The van der Waals surface area contributed by atoms with Crippen LogP contribution in [0.15, 0.2) is 30.3 Å². The molecule has 4 atom stereocenters. The maximum absolute atomic E-state index is 11.6. The summed E-state index contributed by atoms with van der Waals surface area (Å²) in [5.41, 5.74) is 3.77. The van der Waals surface area contributed by atoms with Gasteiger partial charge in [-0.05, 0) is 77.6 Å². The molecule has 0 heterocycles. The first kappa shape index (κ1) is 19.8. The van der Waals surface area contributed by atoms with Gasteiger partial charge in [0.25, 0.3) is 0 Å². The lowest BCUT2D eigenvalue weighted by Crippen LogP contribution is -2.60. The first-order valence-electron chi connectivity index (χ1n) is 10.1. The van der Waals surface area contributed by atoms with Gasteiger partial charge < -0.3 is 14.8 Å². The monoisotopic (exact) mass is 360 g/mol. The molecule has 2 aliphatic rings. The number of rotatable bonds is 7. The van der Waals surface area contributed by atoms with Crippen molar-refractivity contribution in [2.75, 3.05) is 27.2 Å². The fourth-order valence-electron chi connectivity index (χ4n) is 5.17. The van der Waals surface area contributed by atoms with Crippen LogP contribution in [0.5, 0.6) is 0 Å². The molecule has 0 spiro atoms. The van der Waals surface area contributed by atoms with Crippen molar-refractivity contribution in [3.8, 4) is 0 Å². The molecule has 0 bridgehead atoms. The van der Waals surface area contributed by atoms with E-state index in [4.69, 9.17) is 4.84 Å². The minimum Gasteiger partial charge on any atom is -0.389 e. The third-order valence-corrected chi connectivity index (χ3v) is 7.28. The molecule has 0 radical (unpaired) electrons. The van der Waals surface area contributed by atoms with Gasteiger partial charge in [0.1, 0.15) is 0 Å². The smallest absolute Gasteiger partial charge is 0.0726 e. The Morgan fingerprint density at radius 2 is 1.88 bits per heavy atom. The molecule has 2 saturated carbocycles. The van der Waals surface area contributed by atoms with Crippen LogP contribution in [0.4, 0.5) is 0 Å². The van der Waals surface area contributed by atoms with Crippen LogP contribution in [0, 0.1) is 5.41 Å². The van der Waals surface area contributed by atoms with E-state index in [9.17, 15) is 5.11 Å². The molecule has 2 fully saturated rings. The lowest BCUT2D eigenvalue weighted by molar-refractivity contribution is -0.145. The zero-order valence-corrected chi connectivity index (χ0v) is 16.9. The Balaban J connectivity index is 1.64. The van der Waals surface area contributed by atoms with Gasteiger partial charge in [-0.15, -0.1) is 0 Å². The standard InChI is InChI=1S/C22H36N2O2/c1-20-12-11-19(18-9-6-5-7-10-18)17-22(20,25)14-13-21(20,2)23-26-16-8-15-24(3)4/h5-7,9-10,19,23,25H,8,11-17H2,1-4H3/t19-,20+,21-,22-/m0/s1. The predicted molar refractivity (Wildman–Crippen MR) is 106 cm³/mol. The van der Waals surface area contributed by atoms with Crippen LogP contribution in [-0.2, 0) is 4.84 Å². The summed E-state index contributed by atoms with van der Waals surface area (Å²) >= 11 is 0. The van der Waals surface area contributed by atoms with E-state index >= 15 is 0 Å². The number of hydrogen-bond acceptors (Lipinski definition) is 4. The minimum atomic E-state index is -0.624. The van der Waals surface area contributed by atoms with Crippen LogP contribution in [-0.4, -0.2) is 48.4 Å². The van der Waals surface area contributed by atoms with E-state index in [2.05, 4.69) is 68.7 Å². The van der Waals surface area contributed by atoms with Gasteiger partial charge >= 0.3 is 0 Å². The average Bonchev–Trinajstić information content (AvgIpc) is 2.82. The Morgan fingerprint density at radius 3 is 2.58 bits per heavy atom. The average molecular weight is 361 g/mol. The molecule has 146 valence electrons. The largest absolute Gasteiger partial charge is 0.389 e. The van der Waals surface area contributed by atoms with Crippen molar-refractivity contribution in [1.29, 1.82) is 0 Å². The van der Waals surface area contributed by atoms with Gasteiger partial charge in [-0.25, -0.2) is 0 Å². The summed E-state index contributed by atoms with van der Waals surface area (Å²) in [6.07, 6.45) is 5.81. The Kier molecular flexibility index (Phi) is 5.78. The highest BCUT2D eigenvalue weighted by Crippen LogP contribution is 2.62. The second-order valence-corrected chi connectivity index (χ2v) is 9.15. The fourth-order valence-corrected chi connectivity index (χ4v) is 5.17. The summed E-state index contributed by atoms with van der Waals surface area (Å²) in [6, 6.07) is 10.7. The maximum Gasteiger partial charge on any atom is 0.0726 e. The van der Waals surface area contributed by atoms with Crippen molar-refractivity contribution in [3.05, 3.63) is 35.9 Å². The van der Waals surface area contributed by atoms with Crippen LogP contribution in [0.25, 0.3) is 0 Å². The van der Waals surface area contributed by atoms with Gasteiger partial charge in [0.2, 0.25) is 0 Å². The third kappa shape index (κ3) is 3.57. The molecule has 1 aromatic rings. The molecule has 3 rings (SSSR count). The normalized spacial score (nSPS) is 37.1. The van der Waals surface area contributed by atoms with E-state index in [1.54, 1.807) is 0 Å². The van der Waals surface area contributed by atoms with Crippen LogP contribution < -0.4 is 5.48 Å². The van der Waals surface area contributed by atoms with Gasteiger partial charge in [-0.3, -0.25) is 0 Å². The molecule has 0 amide bonds. The van der Waals surface area contributed by atoms with E-state index in [0.717, 1.165) is 45.1 Å². The van der Waals surface area contributed by atoms with Crippen LogP contribution in [0.1, 0.15) is 63.9 Å². The summed E-state index contributed by atoms with van der Waals surface area (Å²) in [5, 5.41) is 11.6. The Morgan fingerprint density at radius 1 is 1.15 bits per heavy atom. The number of hydroxylamine groups is 1. The van der Waals surface area contributed by atoms with E-state index in [1.165, 1.54) is 5.56 Å². The Labute approximate surface area is 158 Å². The Bertz CT molecular complexity index is 593. The fraction of sp³-hybridized carbons (Fsp3) is 0.727. The van der Waals surface area contributed by atoms with Crippen molar-refractivity contribution in [1.82, 2.24) is 10.4 Å². The highest BCUT2D eigenvalue weighted by atomic mass is 16.6. The van der Waals surface area contributed by atoms with Crippen molar-refractivity contribution in [2.45, 2.75) is 69.4 Å². The zero-order valence-electron chi connectivity index (χ0n) is 16.9. The summed E-state index contributed by atoms with van der Waals surface area (Å²) in [5.74, 6) is 0.456. The molecule has 0 saturated heterocycles. The quantitative estimate of drug-likeness (QED) is 0.575. The molecular formula is C22H36N2O2. The molecule has 1 aromatic carbocycles. The topological polar surface area (TPSA) is 44.7 Å². The van der Waals surface area contributed by atoms with Crippen LogP contribution in [0.2, 0.25) is 0 Å². The summed E-state index contributed by atoms with van der Waals surface area (Å²) in [7, 11) is 4.16. The van der Waals surface area contributed by atoms with Crippen molar-refractivity contribution < 1.29 is 9.94 Å². The lowest BCUT2D eigenvalue weighted by atomic mass is 9.57. The molecule has 0 aliphatic heterocycles. The minimum absolute atomic E-state index is 0.160. The van der Waals surface area contributed by atoms with Crippen molar-refractivity contribution in [3.63, 3.8) is 0 Å². The summed E-state index contributed by atoms with van der Waals surface area (Å²) < 4.78 is 0. The van der Waals surface area contributed by atoms with E-state index in [1.807, 2.05) is 0 Å². The highest BCUT2D eigenvalue weighted by Gasteiger charge is 2.64. The summed E-state index contributed by atoms with van der Waals surface area (Å²) in [4.78, 5) is 8.03. The van der Waals surface area contributed by atoms with Gasteiger partial charge in [0.15, 0.2) is 0 Å². The van der Waals surface area contributed by atoms with Gasteiger partial charge in [-0.1, -0.05) is 37.3 Å². The van der Waals surface area contributed by atoms with Gasteiger partial charge in [0, 0.05) is 11.0 Å². The van der Waals surface area contributed by atoms with E-state index in [0.29, 0.717) is 12.5 Å². The zero-order chi connectivity index (χ0) is 18.8. The number of fused-ring (bicyclic) bond motifs is 1. The molecule has 26 heavy (non-hydrogen) atoms. The van der Waals surface area contributed by atoms with Crippen molar-refractivity contribution >= 4 is 0 Å². The van der Waals surface area contributed by atoms with Crippen LogP contribution >= 0.6 is 0 Å². The van der Waals surface area contributed by atoms with E-state index < -0.39 is 5.60 Å². The summed E-state index contributed by atoms with van der Waals surface area (Å²) in [6.45, 7) is 6.23. The molecule has 4 nitrogen and oxygen atoms in total. The third-order valence-electron chi connectivity index (χ3n) is 7.28. The molecule has 0 aromatic heterocycles. The molecule has 2 aliphatic carbocycles. The van der Waals surface area contributed by atoms with Gasteiger partial charge in [0.05, 0.1) is 12.2 Å². The predicted octanol–water partition coefficient (Wildman–Crippen LogP) is 3.72. The lowest BCUT2D eigenvalue weighted by Gasteiger charge is -2.53. The molecular weight excluding hydrogens is 324 g/mol. The number of benzene rings is 1. The van der Waals surface area contributed by atoms with Gasteiger partial charge in [-0.2, -0.15) is 5.48 Å². The number of nitrogens with zero attached hydrogens (tertiary/aromatic N) is 1. The first-order chi connectivity index (χ1) is 12.3. The second kappa shape index (κ2) is 7.59. The van der Waals surface area contributed by atoms with Crippen LogP contribution in [0.3, 0.4) is 0 Å². The molecule has 2 N–H and O–H groups in total. The highest BCUT2D eigenvalue weighted by molar-refractivity contribution is 5.25. The molecule has 0 unspecified atom stereocenters. The number of nitrogens with one attached hydrogen (secondary N) is 1. The Hall–Kier alpha value is -0.940. The molecule has 4 heteroatoms. The second-order valence-electron chi connectivity index (χ2n) is 9.15. The van der Waals surface area contributed by atoms with Crippen molar-refractivity contribution in [2.24, 2.45) is 5.41 Å². The SMILES string of the molecule is CN(C)CCCON[C@@]1(C)CC[C@]2(O)C[C@@H](c3ccccc3)CC[C@@]21C. The van der Waals surface area contributed by atoms with E-state index in [-0.39, 0.29) is 11.0 Å². The maximum atomic E-state index is 11.6. The first-order valence-corrected chi connectivity index (χ1v) is 10.1. The number of aliphatic hydroxyl groups is 1.